The molecule has 1 N–H and O–H groups in total. The first-order chi connectivity index (χ1) is 13.2. The average molecular weight is 368 g/mol. The van der Waals surface area contributed by atoms with Crippen molar-refractivity contribution in [1.29, 1.82) is 0 Å². The second-order valence-electron chi connectivity index (χ2n) is 7.53. The van der Waals surface area contributed by atoms with Crippen LogP contribution in [0.1, 0.15) is 56.7 Å². The summed E-state index contributed by atoms with van der Waals surface area (Å²) in [4.78, 5) is 23.6. The van der Waals surface area contributed by atoms with Crippen LogP contribution >= 0.6 is 0 Å². The first-order valence-electron chi connectivity index (χ1n) is 9.84. The van der Waals surface area contributed by atoms with Crippen LogP contribution in [0.15, 0.2) is 36.5 Å². The molecule has 6 heteroatoms. The van der Waals surface area contributed by atoms with Crippen molar-refractivity contribution in [3.05, 3.63) is 48.0 Å². The Kier molecular flexibility index (Phi) is 5.32. The molecular formula is C21H25FN4O. The fraction of sp³-hybridized carbons (Fsp3) is 0.476. The molecule has 27 heavy (non-hydrogen) atoms. The molecule has 3 heterocycles. The predicted molar refractivity (Wildman–Crippen MR) is 102 cm³/mol. The van der Waals surface area contributed by atoms with E-state index in [2.05, 4.69) is 10.3 Å². The second kappa shape index (κ2) is 8.03. The minimum Gasteiger partial charge on any atom is -0.334 e. The quantitative estimate of drug-likeness (QED) is 0.838. The Morgan fingerprint density at radius 3 is 2.74 bits per heavy atom. The van der Waals surface area contributed by atoms with Crippen molar-refractivity contribution in [1.82, 2.24) is 14.9 Å². The van der Waals surface area contributed by atoms with Gasteiger partial charge in [0.2, 0.25) is 5.91 Å². The number of nitrogens with one attached hydrogen (secondary N) is 1. The molecule has 1 unspecified atom stereocenters. The summed E-state index contributed by atoms with van der Waals surface area (Å²) >= 11 is 0. The zero-order chi connectivity index (χ0) is 18.6. The van der Waals surface area contributed by atoms with Gasteiger partial charge in [0.25, 0.3) is 0 Å². The minimum absolute atomic E-state index is 0.0434. The molecule has 1 saturated heterocycles. The molecule has 2 aromatic rings. The Labute approximate surface area is 159 Å². The van der Waals surface area contributed by atoms with E-state index in [0.29, 0.717) is 24.0 Å². The Hall–Kier alpha value is -2.50. The maximum Gasteiger partial charge on any atom is 0.223 e. The highest BCUT2D eigenvalue weighted by Crippen LogP contribution is 2.34. The van der Waals surface area contributed by atoms with Gasteiger partial charge in [-0.05, 0) is 55.9 Å². The molecule has 2 aromatic heterocycles. The van der Waals surface area contributed by atoms with E-state index in [9.17, 15) is 9.18 Å². The fourth-order valence-electron chi connectivity index (χ4n) is 4.24. The van der Waals surface area contributed by atoms with Crippen LogP contribution in [0.3, 0.4) is 0 Å². The lowest BCUT2D eigenvalue weighted by molar-refractivity contribution is -0.133. The minimum atomic E-state index is -0.371. The molecule has 5 nitrogen and oxygen atoms in total. The monoisotopic (exact) mass is 368 g/mol. The first kappa shape index (κ1) is 17.9. The van der Waals surface area contributed by atoms with Gasteiger partial charge in [0.1, 0.15) is 17.5 Å². The molecule has 2 fully saturated rings. The summed E-state index contributed by atoms with van der Waals surface area (Å²) in [7, 11) is 0. The largest absolute Gasteiger partial charge is 0.334 e. The number of carbonyl (C=O) groups excluding carboxylic acids is 1. The molecule has 1 saturated carbocycles. The lowest BCUT2D eigenvalue weighted by atomic mass is 10.0. The molecule has 0 bridgehead atoms. The number of nitrogens with zero attached hydrogens (tertiary/aromatic N) is 3. The van der Waals surface area contributed by atoms with Gasteiger partial charge in [-0.15, -0.1) is 0 Å². The molecule has 1 amide bonds. The van der Waals surface area contributed by atoms with Gasteiger partial charge in [-0.2, -0.15) is 0 Å². The van der Waals surface area contributed by atoms with Crippen LogP contribution in [0.4, 0.5) is 16.0 Å². The zero-order valence-corrected chi connectivity index (χ0v) is 15.4. The van der Waals surface area contributed by atoms with E-state index < -0.39 is 0 Å². The molecule has 0 aromatic carbocycles. The van der Waals surface area contributed by atoms with E-state index in [1.807, 2.05) is 23.1 Å². The van der Waals surface area contributed by atoms with Crippen LogP contribution in [0.5, 0.6) is 0 Å². The molecular weight excluding hydrogens is 343 g/mol. The second-order valence-corrected chi connectivity index (χ2v) is 7.53. The molecule has 142 valence electrons. The number of rotatable bonds is 5. The van der Waals surface area contributed by atoms with Crippen LogP contribution in [0.2, 0.25) is 0 Å². The third kappa shape index (κ3) is 4.26. The first-order valence-corrected chi connectivity index (χ1v) is 9.84. The molecule has 0 spiro atoms. The summed E-state index contributed by atoms with van der Waals surface area (Å²) < 4.78 is 13.0. The van der Waals surface area contributed by atoms with Gasteiger partial charge in [0.05, 0.1) is 17.9 Å². The van der Waals surface area contributed by atoms with Crippen LogP contribution in [-0.4, -0.2) is 27.3 Å². The summed E-state index contributed by atoms with van der Waals surface area (Å²) in [6.07, 6.45) is 8.70. The number of halogens is 1. The zero-order valence-electron chi connectivity index (χ0n) is 15.4. The maximum atomic E-state index is 13.0. The maximum absolute atomic E-state index is 13.0. The number of amides is 1. The van der Waals surface area contributed by atoms with Crippen LogP contribution in [0.25, 0.3) is 0 Å². The number of anilines is 2. The number of carbonyl (C=O) groups is 1. The normalized spacial score (nSPS) is 20.2. The smallest absolute Gasteiger partial charge is 0.223 e. The number of pyridine rings is 2. The van der Waals surface area contributed by atoms with Crippen molar-refractivity contribution in [2.75, 3.05) is 11.9 Å². The third-order valence-electron chi connectivity index (χ3n) is 5.61. The van der Waals surface area contributed by atoms with E-state index >= 15 is 0 Å². The van der Waals surface area contributed by atoms with Gasteiger partial charge < -0.3 is 10.2 Å². The van der Waals surface area contributed by atoms with E-state index in [1.165, 1.54) is 37.9 Å². The van der Waals surface area contributed by atoms with Gasteiger partial charge >= 0.3 is 0 Å². The molecule has 1 aliphatic heterocycles. The van der Waals surface area contributed by atoms with Crippen molar-refractivity contribution in [2.45, 2.75) is 51.0 Å². The number of hydrogen-bond donors (Lipinski definition) is 1. The van der Waals surface area contributed by atoms with Crippen molar-refractivity contribution < 1.29 is 9.18 Å². The summed E-state index contributed by atoms with van der Waals surface area (Å²) in [5, 5.41) is 3.11. The SMILES string of the molecule is O=C(CC1CCCC1)N1CCCC1c1cccc(Nc2ccc(F)cn2)n1. The predicted octanol–water partition coefficient (Wildman–Crippen LogP) is 4.60. The van der Waals surface area contributed by atoms with Gasteiger partial charge in [-0.1, -0.05) is 18.9 Å². The van der Waals surface area contributed by atoms with Crippen LogP contribution < -0.4 is 5.32 Å². The standard InChI is InChI=1S/C21H25FN4O/c22-16-10-11-19(23-14-16)25-20-9-3-7-17(24-20)18-8-4-12-26(18)21(27)13-15-5-1-2-6-15/h3,7,9-11,14-15,18H,1-2,4-6,8,12-13H2,(H,23,24,25). The highest BCUT2D eigenvalue weighted by atomic mass is 19.1. The number of hydrogen-bond acceptors (Lipinski definition) is 4. The number of aromatic nitrogens is 2. The van der Waals surface area contributed by atoms with Crippen LogP contribution in [-0.2, 0) is 4.79 Å². The molecule has 4 rings (SSSR count). The van der Waals surface area contributed by atoms with Gasteiger partial charge in [0.15, 0.2) is 0 Å². The Morgan fingerprint density at radius 2 is 1.96 bits per heavy atom. The highest BCUT2D eigenvalue weighted by molar-refractivity contribution is 5.77. The fourth-order valence-corrected chi connectivity index (χ4v) is 4.24. The average Bonchev–Trinajstić information content (AvgIpc) is 3.35. The molecule has 2 aliphatic rings. The van der Waals surface area contributed by atoms with Crippen molar-refractivity contribution in [3.8, 4) is 0 Å². The molecule has 0 radical (unpaired) electrons. The highest BCUT2D eigenvalue weighted by Gasteiger charge is 2.32. The Morgan fingerprint density at radius 1 is 1.11 bits per heavy atom. The number of likely N-dealkylation sites (tertiary alicyclic amines) is 1. The van der Waals surface area contributed by atoms with E-state index in [0.717, 1.165) is 25.1 Å². The lowest BCUT2D eigenvalue weighted by Gasteiger charge is -2.26. The van der Waals surface area contributed by atoms with Crippen molar-refractivity contribution in [3.63, 3.8) is 0 Å². The summed E-state index contributed by atoms with van der Waals surface area (Å²) in [5.41, 5.74) is 0.902. The Balaban J connectivity index is 1.46. The summed E-state index contributed by atoms with van der Waals surface area (Å²) in [5.74, 6) is 1.65. The Bertz CT molecular complexity index is 789. The van der Waals surface area contributed by atoms with Crippen LogP contribution in [0, 0.1) is 11.7 Å². The van der Waals surface area contributed by atoms with E-state index in [-0.39, 0.29) is 17.8 Å². The topological polar surface area (TPSA) is 58.1 Å². The third-order valence-corrected chi connectivity index (χ3v) is 5.61. The van der Waals surface area contributed by atoms with Crippen molar-refractivity contribution >= 4 is 17.5 Å². The van der Waals surface area contributed by atoms with E-state index in [1.54, 1.807) is 6.07 Å². The molecule has 1 aliphatic carbocycles. The van der Waals surface area contributed by atoms with Gasteiger partial charge in [0, 0.05) is 13.0 Å². The summed E-state index contributed by atoms with van der Waals surface area (Å²) in [6, 6.07) is 8.76. The lowest BCUT2D eigenvalue weighted by Crippen LogP contribution is -2.32. The van der Waals surface area contributed by atoms with Gasteiger partial charge in [-0.25, -0.2) is 14.4 Å². The molecule has 1 atom stereocenters. The van der Waals surface area contributed by atoms with Gasteiger partial charge in [-0.3, -0.25) is 4.79 Å². The van der Waals surface area contributed by atoms with Crippen molar-refractivity contribution in [2.24, 2.45) is 5.92 Å². The van der Waals surface area contributed by atoms with E-state index in [4.69, 9.17) is 4.98 Å². The summed E-state index contributed by atoms with van der Waals surface area (Å²) in [6.45, 7) is 0.815.